The van der Waals surface area contributed by atoms with Gasteiger partial charge in [0.25, 0.3) is 0 Å². The summed E-state index contributed by atoms with van der Waals surface area (Å²) >= 11 is 9.72. The van der Waals surface area contributed by atoms with Gasteiger partial charge in [-0.3, -0.25) is 4.79 Å². The first-order chi connectivity index (χ1) is 4.68. The number of amides is 1. The third-order valence-electron chi connectivity index (χ3n) is 0.747. The minimum atomic E-state index is 0.588. The van der Waals surface area contributed by atoms with E-state index >= 15 is 0 Å². The molecule has 10 heavy (non-hydrogen) atoms. The third-order valence-corrected chi connectivity index (χ3v) is 3.56. The van der Waals surface area contributed by atoms with Crippen molar-refractivity contribution < 1.29 is 4.79 Å². The standard InChI is InChI=1S/C5H5Br3NO/c6-4(5(7)8)1-2-9-3-10/h1-2H2,(H,9,10). The molecular formula is C5H5Br3NO. The number of halogens is 3. The summed E-state index contributed by atoms with van der Waals surface area (Å²) in [6, 6.07) is 0. The molecule has 1 amide bonds. The van der Waals surface area contributed by atoms with Crippen molar-refractivity contribution in [2.75, 3.05) is 6.54 Å². The SMILES string of the molecule is O=[C]NCCC(Br)=C(Br)Br. The van der Waals surface area contributed by atoms with E-state index in [1.165, 1.54) is 0 Å². The number of carbonyl (C=O) groups excluding carboxylic acids is 1. The molecule has 0 aromatic heterocycles. The Kier molecular flexibility index (Phi) is 6.78. The van der Waals surface area contributed by atoms with Gasteiger partial charge in [0, 0.05) is 11.0 Å². The highest BCUT2D eigenvalue weighted by Crippen LogP contribution is 2.25. The van der Waals surface area contributed by atoms with Crippen LogP contribution >= 0.6 is 47.8 Å². The van der Waals surface area contributed by atoms with E-state index in [1.807, 2.05) is 0 Å². The quantitative estimate of drug-likeness (QED) is 0.621. The molecule has 0 saturated heterocycles. The lowest BCUT2D eigenvalue weighted by molar-refractivity contribution is 0.542. The van der Waals surface area contributed by atoms with Gasteiger partial charge in [-0.15, -0.1) is 0 Å². The van der Waals surface area contributed by atoms with E-state index in [1.54, 1.807) is 6.41 Å². The van der Waals surface area contributed by atoms with Crippen molar-refractivity contribution in [3.8, 4) is 0 Å². The van der Waals surface area contributed by atoms with Gasteiger partial charge in [-0.1, -0.05) is 15.9 Å². The number of nitrogens with one attached hydrogen (secondary N) is 1. The second-order valence-corrected chi connectivity index (χ2v) is 5.05. The second-order valence-electron chi connectivity index (χ2n) is 1.44. The molecule has 2 nitrogen and oxygen atoms in total. The Labute approximate surface area is 84.8 Å². The first-order valence-corrected chi connectivity index (χ1v) is 4.86. The van der Waals surface area contributed by atoms with Crippen LogP contribution in [0.5, 0.6) is 0 Å². The predicted octanol–water partition coefficient (Wildman–Crippen LogP) is 2.39. The summed E-state index contributed by atoms with van der Waals surface area (Å²) in [7, 11) is 0. The molecule has 1 radical (unpaired) electrons. The molecule has 0 atom stereocenters. The minimum absolute atomic E-state index is 0.588. The molecule has 0 aromatic carbocycles. The number of rotatable bonds is 4. The lowest BCUT2D eigenvalue weighted by Crippen LogP contribution is -2.11. The summed E-state index contributed by atoms with van der Waals surface area (Å²) in [6.45, 7) is 0.588. The van der Waals surface area contributed by atoms with E-state index in [4.69, 9.17) is 0 Å². The van der Waals surface area contributed by atoms with Crippen LogP contribution in [0.2, 0.25) is 0 Å². The molecular weight excluding hydrogens is 330 g/mol. The highest BCUT2D eigenvalue weighted by Gasteiger charge is 1.95. The average Bonchev–Trinajstić information content (AvgIpc) is 1.88. The molecule has 57 valence electrons. The van der Waals surface area contributed by atoms with Gasteiger partial charge < -0.3 is 5.32 Å². The highest BCUT2D eigenvalue weighted by molar-refractivity contribution is 9.29. The van der Waals surface area contributed by atoms with Crippen molar-refractivity contribution in [1.29, 1.82) is 0 Å². The van der Waals surface area contributed by atoms with Gasteiger partial charge in [-0.05, 0) is 38.3 Å². The Hall–Kier alpha value is 0.650. The summed E-state index contributed by atoms with van der Waals surface area (Å²) < 4.78 is 1.85. The monoisotopic (exact) mass is 332 g/mol. The molecule has 0 aliphatic carbocycles. The lowest BCUT2D eigenvalue weighted by atomic mass is 10.4. The van der Waals surface area contributed by atoms with Crippen LogP contribution in [-0.4, -0.2) is 13.0 Å². The van der Waals surface area contributed by atoms with Crippen molar-refractivity contribution in [2.24, 2.45) is 0 Å². The van der Waals surface area contributed by atoms with Gasteiger partial charge in [0.05, 0.1) is 3.39 Å². The van der Waals surface area contributed by atoms with Gasteiger partial charge in [-0.25, -0.2) is 0 Å². The average molecular weight is 335 g/mol. The molecule has 0 bridgehead atoms. The summed E-state index contributed by atoms with van der Waals surface area (Å²) in [5, 5.41) is 2.42. The Bertz CT molecular complexity index is 142. The van der Waals surface area contributed by atoms with Gasteiger partial charge in [0.2, 0.25) is 0 Å². The van der Waals surface area contributed by atoms with Gasteiger partial charge in [-0.2, -0.15) is 0 Å². The van der Waals surface area contributed by atoms with Gasteiger partial charge in [0.1, 0.15) is 0 Å². The predicted molar refractivity (Wildman–Crippen MR) is 52.1 cm³/mol. The van der Waals surface area contributed by atoms with E-state index in [9.17, 15) is 4.79 Å². The summed E-state index contributed by atoms with van der Waals surface area (Å²) in [4.78, 5) is 9.67. The lowest BCUT2D eigenvalue weighted by Gasteiger charge is -1.96. The second kappa shape index (κ2) is 6.37. The van der Waals surface area contributed by atoms with Gasteiger partial charge >= 0.3 is 6.41 Å². The Morgan fingerprint density at radius 3 is 2.40 bits per heavy atom. The Morgan fingerprint density at radius 1 is 1.40 bits per heavy atom. The van der Waals surface area contributed by atoms with Crippen LogP contribution < -0.4 is 5.32 Å². The molecule has 1 N–H and O–H groups in total. The van der Waals surface area contributed by atoms with Crippen molar-refractivity contribution in [2.45, 2.75) is 6.42 Å². The Morgan fingerprint density at radius 2 is 2.00 bits per heavy atom. The number of hydrogen-bond donors (Lipinski definition) is 1. The highest BCUT2D eigenvalue weighted by atomic mass is 79.9. The molecule has 0 saturated carbocycles. The van der Waals surface area contributed by atoms with Crippen LogP contribution in [0.25, 0.3) is 0 Å². The fourth-order valence-electron chi connectivity index (χ4n) is 0.318. The number of hydrogen-bond acceptors (Lipinski definition) is 1. The van der Waals surface area contributed by atoms with Crippen LogP contribution in [0.1, 0.15) is 6.42 Å². The zero-order chi connectivity index (χ0) is 7.98. The van der Waals surface area contributed by atoms with Crippen LogP contribution in [0.15, 0.2) is 7.87 Å². The zero-order valence-electron chi connectivity index (χ0n) is 4.96. The van der Waals surface area contributed by atoms with Crippen molar-refractivity contribution >= 4 is 54.2 Å². The maximum Gasteiger partial charge on any atom is 0.309 e. The van der Waals surface area contributed by atoms with E-state index in [2.05, 4.69) is 53.1 Å². The first-order valence-electron chi connectivity index (χ1n) is 2.48. The molecule has 0 spiro atoms. The molecule has 0 aliphatic rings. The van der Waals surface area contributed by atoms with Crippen molar-refractivity contribution in [3.05, 3.63) is 7.87 Å². The summed E-state index contributed by atoms with van der Waals surface area (Å²) in [6.07, 6.45) is 2.34. The summed E-state index contributed by atoms with van der Waals surface area (Å²) in [5.74, 6) is 0. The fourth-order valence-corrected chi connectivity index (χ4v) is 0.913. The van der Waals surface area contributed by atoms with Crippen LogP contribution in [-0.2, 0) is 4.79 Å². The maximum absolute atomic E-state index is 9.67. The van der Waals surface area contributed by atoms with E-state index in [0.29, 0.717) is 6.54 Å². The minimum Gasteiger partial charge on any atom is -0.347 e. The largest absolute Gasteiger partial charge is 0.347 e. The van der Waals surface area contributed by atoms with Crippen LogP contribution in [0.3, 0.4) is 0 Å². The van der Waals surface area contributed by atoms with Crippen LogP contribution in [0.4, 0.5) is 0 Å². The zero-order valence-corrected chi connectivity index (χ0v) is 9.71. The first kappa shape index (κ1) is 10.7. The maximum atomic E-state index is 9.67. The molecule has 0 heterocycles. The molecule has 0 aromatic rings. The molecule has 0 unspecified atom stereocenters. The van der Waals surface area contributed by atoms with E-state index in [-0.39, 0.29) is 0 Å². The molecule has 5 heteroatoms. The molecule has 0 fully saturated rings. The topological polar surface area (TPSA) is 29.1 Å². The van der Waals surface area contributed by atoms with E-state index < -0.39 is 0 Å². The fraction of sp³-hybridized carbons (Fsp3) is 0.400. The Balaban J connectivity index is 3.49. The molecule has 0 aliphatic heterocycles. The van der Waals surface area contributed by atoms with Crippen molar-refractivity contribution in [1.82, 2.24) is 5.32 Å². The summed E-state index contributed by atoms with van der Waals surface area (Å²) in [5.41, 5.74) is 0. The normalized spacial score (nSPS) is 8.70. The van der Waals surface area contributed by atoms with Gasteiger partial charge in [0.15, 0.2) is 0 Å². The van der Waals surface area contributed by atoms with Crippen molar-refractivity contribution in [3.63, 3.8) is 0 Å². The molecule has 0 rings (SSSR count). The third kappa shape index (κ3) is 5.44. The van der Waals surface area contributed by atoms with Crippen LogP contribution in [0, 0.1) is 0 Å². The smallest absolute Gasteiger partial charge is 0.309 e. The van der Waals surface area contributed by atoms with E-state index in [0.717, 1.165) is 14.3 Å².